The minimum Gasteiger partial charge on any atom is -0.468 e. The molecule has 16 nitrogen and oxygen atoms in total. The summed E-state index contributed by atoms with van der Waals surface area (Å²) in [5.41, 5.74) is 6.09. The number of fused-ring (bicyclic) bond motifs is 3. The molecule has 5 aromatic rings. The van der Waals surface area contributed by atoms with Crippen molar-refractivity contribution in [1.29, 1.82) is 0 Å². The van der Waals surface area contributed by atoms with Crippen LogP contribution in [0.1, 0.15) is 97.7 Å². The Morgan fingerprint density at radius 2 is 1.71 bits per heavy atom. The number of sulfonamides is 1. The van der Waals surface area contributed by atoms with Gasteiger partial charge in [0.25, 0.3) is 21.6 Å². The molecule has 5 aliphatic heterocycles. The van der Waals surface area contributed by atoms with Crippen molar-refractivity contribution < 1.29 is 32.3 Å². The van der Waals surface area contributed by atoms with Crippen molar-refractivity contribution in [3.05, 3.63) is 106 Å². The van der Waals surface area contributed by atoms with Gasteiger partial charge < -0.3 is 34.3 Å². The lowest BCUT2D eigenvalue weighted by molar-refractivity contribution is -0.384. The molecule has 4 saturated heterocycles. The van der Waals surface area contributed by atoms with Gasteiger partial charge in [0.05, 0.1) is 40.3 Å². The number of nitro benzene ring substituents is 1. The molecule has 0 radical (unpaired) electrons. The van der Waals surface area contributed by atoms with E-state index in [4.69, 9.17) is 19.2 Å². The molecule has 1 spiro atoms. The number of amides is 1. The second-order valence-electron chi connectivity index (χ2n) is 20.2. The zero-order valence-corrected chi connectivity index (χ0v) is 38.9. The van der Waals surface area contributed by atoms with Gasteiger partial charge in [-0.1, -0.05) is 24.3 Å². The molecule has 3 atom stereocenters. The molecule has 2 aromatic heterocycles. The smallest absolute Gasteiger partial charge is 0.293 e. The van der Waals surface area contributed by atoms with Crippen molar-refractivity contribution >= 4 is 55.4 Å². The zero-order chi connectivity index (χ0) is 46.1. The maximum atomic E-state index is 14.6. The summed E-state index contributed by atoms with van der Waals surface area (Å²) in [5.74, 6) is 0.527. The fourth-order valence-corrected chi connectivity index (χ4v) is 13.2. The van der Waals surface area contributed by atoms with Crippen molar-refractivity contribution in [3.63, 3.8) is 0 Å². The number of aromatic amines is 1. The summed E-state index contributed by atoms with van der Waals surface area (Å²) >= 11 is 0. The van der Waals surface area contributed by atoms with E-state index < -0.39 is 37.5 Å². The average molecular weight is 943 g/mol. The number of rotatable bonds is 12. The molecule has 12 rings (SSSR count). The van der Waals surface area contributed by atoms with E-state index in [1.54, 1.807) is 17.2 Å². The molecule has 17 heteroatoms. The summed E-state index contributed by atoms with van der Waals surface area (Å²) in [5, 5.41) is 16.3. The third-order valence-electron chi connectivity index (χ3n) is 16.1. The van der Waals surface area contributed by atoms with E-state index in [0.29, 0.717) is 73.4 Å². The minimum atomic E-state index is -4.58. The van der Waals surface area contributed by atoms with Gasteiger partial charge in [-0.2, -0.15) is 4.98 Å². The summed E-state index contributed by atoms with van der Waals surface area (Å²) in [6, 6.07) is 23.1. The number of pyridine rings is 1. The van der Waals surface area contributed by atoms with E-state index in [1.807, 2.05) is 35.4 Å². The first-order valence-electron chi connectivity index (χ1n) is 24.5. The molecule has 3 aromatic carbocycles. The lowest BCUT2D eigenvalue weighted by Gasteiger charge is -2.56. The van der Waals surface area contributed by atoms with Crippen LogP contribution in [0.2, 0.25) is 0 Å². The van der Waals surface area contributed by atoms with E-state index >= 15 is 0 Å². The van der Waals surface area contributed by atoms with E-state index in [-0.39, 0.29) is 23.2 Å². The van der Waals surface area contributed by atoms with Crippen molar-refractivity contribution in [2.75, 3.05) is 67.7 Å². The third-order valence-corrected chi connectivity index (χ3v) is 17.4. The van der Waals surface area contributed by atoms with Gasteiger partial charge in [0.1, 0.15) is 23.1 Å². The first kappa shape index (κ1) is 43.5. The lowest BCUT2D eigenvalue weighted by atomic mass is 9.59. The second kappa shape index (κ2) is 17.3. The number of piperidine rings is 1. The molecule has 7 heterocycles. The number of benzene rings is 3. The molecule has 3 N–H and O–H groups in total. The highest BCUT2D eigenvalue weighted by Crippen LogP contribution is 2.55. The molecular weight excluding hydrogens is 885 g/mol. The molecule has 68 heavy (non-hydrogen) atoms. The quantitative estimate of drug-likeness (QED) is 0.0805. The highest BCUT2D eigenvalue weighted by Gasteiger charge is 2.50. The van der Waals surface area contributed by atoms with Crippen LogP contribution in [0, 0.1) is 21.4 Å². The number of nitro groups is 1. The first-order valence-corrected chi connectivity index (χ1v) is 26.0. The van der Waals surface area contributed by atoms with E-state index in [9.17, 15) is 23.3 Å². The van der Waals surface area contributed by atoms with Crippen LogP contribution in [0.15, 0.2) is 83.9 Å². The summed E-state index contributed by atoms with van der Waals surface area (Å²) in [6.45, 7) is 5.28. The van der Waals surface area contributed by atoms with Gasteiger partial charge in [-0.15, -0.1) is 0 Å². The standard InChI is InChI=1S/C51H58N8O8S/c60-49(55-68(63,64)37-10-12-41(44(26-37)59(61)62)53-29-32-14-22-65-23-15-32)40-11-9-35(25-43(40)58-45-24-34-13-18-52-48(34)54-50(45)67-47-31-66-30-46(47)58)56-20-16-51(17-21-56)27-36(28-51)57-19-3-6-42(57)39-5-2-1-4-38(39)33-7-8-33/h1-2,4-5,9-13,18,24-26,32-33,36,42,46-47,53H,3,6-8,14-17,19-23,27-31H2,(H,52,54)(H,55,60)/t42-,46+,47-/m0/s1. The number of likely N-dealkylation sites (tertiary alicyclic amines) is 1. The Morgan fingerprint density at radius 3 is 2.50 bits per heavy atom. The molecule has 0 bridgehead atoms. The highest BCUT2D eigenvalue weighted by molar-refractivity contribution is 7.90. The maximum absolute atomic E-state index is 14.6. The fraction of sp³-hybridized carbons (Fsp3) is 0.490. The number of nitrogens with one attached hydrogen (secondary N) is 3. The van der Waals surface area contributed by atoms with Crippen molar-refractivity contribution in [1.82, 2.24) is 19.6 Å². The molecule has 2 aliphatic carbocycles. The summed E-state index contributed by atoms with van der Waals surface area (Å²) in [4.78, 5) is 41.1. The van der Waals surface area contributed by atoms with Gasteiger partial charge in [0.2, 0.25) is 5.88 Å². The van der Waals surface area contributed by atoms with Crippen LogP contribution < -0.4 is 24.6 Å². The molecule has 7 aliphatic rings. The third kappa shape index (κ3) is 8.03. The van der Waals surface area contributed by atoms with Gasteiger partial charge in [0, 0.05) is 68.3 Å². The summed E-state index contributed by atoms with van der Waals surface area (Å²) < 4.78 is 48.3. The zero-order valence-electron chi connectivity index (χ0n) is 38.1. The predicted molar refractivity (Wildman–Crippen MR) is 257 cm³/mol. The normalized spacial score (nSPS) is 24.1. The van der Waals surface area contributed by atoms with Gasteiger partial charge in [0.15, 0.2) is 0 Å². The van der Waals surface area contributed by atoms with Crippen LogP contribution in [-0.4, -0.2) is 105 Å². The van der Waals surface area contributed by atoms with Crippen LogP contribution in [0.5, 0.6) is 5.88 Å². The Morgan fingerprint density at radius 1 is 0.897 bits per heavy atom. The minimum absolute atomic E-state index is 0.118. The highest BCUT2D eigenvalue weighted by atomic mass is 32.2. The number of nitrogens with zero attached hydrogens (tertiary/aromatic N) is 5. The van der Waals surface area contributed by atoms with Gasteiger partial charge in [-0.3, -0.25) is 19.8 Å². The lowest BCUT2D eigenvalue weighted by Crippen LogP contribution is -2.55. The topological polar surface area (TPSA) is 184 Å². The van der Waals surface area contributed by atoms with Crippen LogP contribution in [-0.2, 0) is 19.5 Å². The number of hydrogen-bond donors (Lipinski definition) is 3. The number of carbonyl (C=O) groups is 1. The number of hydrogen-bond acceptors (Lipinski definition) is 13. The van der Waals surface area contributed by atoms with Crippen LogP contribution in [0.25, 0.3) is 11.0 Å². The van der Waals surface area contributed by atoms with Gasteiger partial charge in [-0.25, -0.2) is 13.1 Å². The monoisotopic (exact) mass is 942 g/mol. The molecule has 356 valence electrons. The van der Waals surface area contributed by atoms with Gasteiger partial charge >= 0.3 is 0 Å². The summed E-state index contributed by atoms with van der Waals surface area (Å²) in [6.07, 6.45) is 12.8. The molecule has 1 amide bonds. The van der Waals surface area contributed by atoms with Crippen molar-refractivity contribution in [2.45, 2.75) is 99.3 Å². The summed E-state index contributed by atoms with van der Waals surface area (Å²) in [7, 11) is -4.58. The Kier molecular flexibility index (Phi) is 11.1. The van der Waals surface area contributed by atoms with Crippen molar-refractivity contribution in [2.24, 2.45) is 11.3 Å². The van der Waals surface area contributed by atoms with Gasteiger partial charge in [-0.05, 0) is 142 Å². The van der Waals surface area contributed by atoms with Crippen LogP contribution in [0.4, 0.5) is 28.4 Å². The number of carbonyl (C=O) groups excluding carboxylic acids is 1. The van der Waals surface area contributed by atoms with E-state index in [1.165, 1.54) is 57.2 Å². The van der Waals surface area contributed by atoms with Crippen molar-refractivity contribution in [3.8, 4) is 5.88 Å². The van der Waals surface area contributed by atoms with E-state index in [0.717, 1.165) is 61.8 Å². The Bertz CT molecular complexity index is 2870. The van der Waals surface area contributed by atoms with E-state index in [2.05, 4.69) is 49.1 Å². The number of aromatic nitrogens is 2. The SMILES string of the molecule is O=C(NS(=O)(=O)c1ccc(NCC2CCOCC2)c([N+](=O)[O-])c1)c1ccc(N2CCC3(CC2)CC(N2CCC[C@H]2c2ccccc2C2CC2)C3)cc1N1c2cc3cc[nH]c3nc2O[C@H]2COC[C@H]21. The molecular formula is C51H58N8O8S. The number of H-pyrrole nitrogens is 1. The number of anilines is 4. The second-order valence-corrected chi connectivity index (χ2v) is 21.9. The molecule has 6 fully saturated rings. The van der Waals surface area contributed by atoms with Crippen LogP contribution in [0.3, 0.4) is 0 Å². The molecule has 2 saturated carbocycles. The Labute approximate surface area is 395 Å². The van der Waals surface area contributed by atoms with Crippen LogP contribution >= 0.6 is 0 Å². The Hall–Kier alpha value is -5.75. The predicted octanol–water partition coefficient (Wildman–Crippen LogP) is 8.19. The fourth-order valence-electron chi connectivity index (χ4n) is 12.2. The largest absolute Gasteiger partial charge is 0.468 e. The Balaban J connectivity index is 0.815. The maximum Gasteiger partial charge on any atom is 0.293 e. The number of ether oxygens (including phenoxy) is 3. The first-order chi connectivity index (χ1) is 33.1. The average Bonchev–Trinajstić information content (AvgIpc) is 3.63. The molecule has 0 unspecified atom stereocenters.